The maximum atomic E-state index is 5.18. The molecule has 17 heavy (non-hydrogen) atoms. The minimum atomic E-state index is 0.299. The molecular formula is C12H17N3OS. The van der Waals surface area contributed by atoms with Gasteiger partial charge in [-0.05, 0) is 18.5 Å². The second kappa shape index (κ2) is 5.95. The number of methoxy groups -OCH3 is 1. The molecule has 1 unspecified atom stereocenters. The van der Waals surface area contributed by atoms with Crippen molar-refractivity contribution < 1.29 is 4.74 Å². The molecule has 2 heterocycles. The van der Waals surface area contributed by atoms with E-state index in [4.69, 9.17) is 4.74 Å². The Morgan fingerprint density at radius 3 is 3.12 bits per heavy atom. The van der Waals surface area contributed by atoms with Crippen LogP contribution in [0.1, 0.15) is 0 Å². The molecule has 0 spiro atoms. The van der Waals surface area contributed by atoms with Gasteiger partial charge in [-0.25, -0.2) is 4.98 Å². The molecule has 0 fully saturated rings. The molecule has 0 amide bonds. The van der Waals surface area contributed by atoms with Crippen molar-refractivity contribution in [1.82, 2.24) is 14.9 Å². The van der Waals surface area contributed by atoms with Crippen molar-refractivity contribution in [3.05, 3.63) is 29.9 Å². The highest BCUT2D eigenvalue weighted by atomic mass is 32.1. The van der Waals surface area contributed by atoms with Gasteiger partial charge in [0.15, 0.2) is 0 Å². The molecular weight excluding hydrogens is 234 g/mol. The third-order valence-corrected chi connectivity index (χ3v) is 3.52. The molecule has 1 N–H and O–H groups in total. The molecule has 0 aliphatic carbocycles. The molecule has 0 aromatic carbocycles. The van der Waals surface area contributed by atoms with E-state index in [9.17, 15) is 0 Å². The van der Waals surface area contributed by atoms with E-state index in [0.717, 1.165) is 12.4 Å². The molecule has 5 heteroatoms. The number of likely N-dealkylation sites (N-methyl/N-ethyl adjacent to an activating group) is 1. The molecule has 0 aliphatic heterocycles. The van der Waals surface area contributed by atoms with Crippen LogP contribution in [-0.4, -0.2) is 36.4 Å². The summed E-state index contributed by atoms with van der Waals surface area (Å²) in [6.45, 7) is 1.55. The molecule has 0 radical (unpaired) electrons. The summed E-state index contributed by atoms with van der Waals surface area (Å²) in [5.41, 5.74) is 0. The number of nitrogens with zero attached hydrogens (tertiary/aromatic N) is 2. The summed E-state index contributed by atoms with van der Waals surface area (Å²) < 4.78 is 7.34. The maximum Gasteiger partial charge on any atom is 0.150 e. The Morgan fingerprint density at radius 1 is 1.59 bits per heavy atom. The van der Waals surface area contributed by atoms with Crippen molar-refractivity contribution in [3.63, 3.8) is 0 Å². The number of rotatable bonds is 6. The highest BCUT2D eigenvalue weighted by Crippen LogP contribution is 2.22. The zero-order chi connectivity index (χ0) is 12.1. The Labute approximate surface area is 105 Å². The first kappa shape index (κ1) is 12.3. The van der Waals surface area contributed by atoms with Crippen molar-refractivity contribution in [2.75, 3.05) is 20.8 Å². The molecule has 4 nitrogen and oxygen atoms in total. The molecule has 0 bridgehead atoms. The largest absolute Gasteiger partial charge is 0.383 e. The van der Waals surface area contributed by atoms with Crippen LogP contribution in [-0.2, 0) is 11.3 Å². The fourth-order valence-electron chi connectivity index (χ4n) is 1.75. The number of hydrogen-bond acceptors (Lipinski definition) is 4. The molecule has 2 aromatic rings. The first-order valence-electron chi connectivity index (χ1n) is 5.56. The van der Waals surface area contributed by atoms with Gasteiger partial charge in [0.25, 0.3) is 0 Å². The Kier molecular flexibility index (Phi) is 4.30. The number of thiophene rings is 1. The SMILES string of the molecule is CNC(COC)Cn1ccnc1-c1cccs1. The standard InChI is InChI=1S/C12H17N3OS/c1-13-10(9-16-2)8-15-6-5-14-12(15)11-4-3-7-17-11/h3-7,10,13H,8-9H2,1-2H3. The van der Waals surface area contributed by atoms with Crippen molar-refractivity contribution in [2.45, 2.75) is 12.6 Å². The molecule has 1 atom stereocenters. The fourth-order valence-corrected chi connectivity index (χ4v) is 2.49. The third kappa shape index (κ3) is 2.94. The normalized spacial score (nSPS) is 12.8. The lowest BCUT2D eigenvalue weighted by Gasteiger charge is -2.16. The second-order valence-electron chi connectivity index (χ2n) is 3.82. The summed E-state index contributed by atoms with van der Waals surface area (Å²) in [6.07, 6.45) is 3.85. The van der Waals surface area contributed by atoms with Crippen LogP contribution in [0.25, 0.3) is 10.7 Å². The minimum absolute atomic E-state index is 0.299. The number of hydrogen-bond donors (Lipinski definition) is 1. The van der Waals surface area contributed by atoms with Gasteiger partial charge in [0.1, 0.15) is 5.82 Å². The van der Waals surface area contributed by atoms with Crippen molar-refractivity contribution in [3.8, 4) is 10.7 Å². The van der Waals surface area contributed by atoms with E-state index in [-0.39, 0.29) is 0 Å². The third-order valence-electron chi connectivity index (χ3n) is 2.65. The molecule has 2 rings (SSSR count). The van der Waals surface area contributed by atoms with Crippen LogP contribution in [0, 0.1) is 0 Å². The number of nitrogens with one attached hydrogen (secondary N) is 1. The second-order valence-corrected chi connectivity index (χ2v) is 4.77. The van der Waals surface area contributed by atoms with Gasteiger partial charge in [0.2, 0.25) is 0 Å². The summed E-state index contributed by atoms with van der Waals surface area (Å²) in [5.74, 6) is 1.02. The Morgan fingerprint density at radius 2 is 2.47 bits per heavy atom. The lowest BCUT2D eigenvalue weighted by molar-refractivity contribution is 0.162. The summed E-state index contributed by atoms with van der Waals surface area (Å²) in [7, 11) is 3.67. The van der Waals surface area contributed by atoms with Gasteiger partial charge in [-0.15, -0.1) is 11.3 Å². The number of aromatic nitrogens is 2. The fraction of sp³-hybridized carbons (Fsp3) is 0.417. The van der Waals surface area contributed by atoms with Crippen LogP contribution in [0.3, 0.4) is 0 Å². The van der Waals surface area contributed by atoms with E-state index in [2.05, 4.69) is 26.3 Å². The summed E-state index contributed by atoms with van der Waals surface area (Å²) in [5, 5.41) is 5.31. The van der Waals surface area contributed by atoms with Crippen molar-refractivity contribution >= 4 is 11.3 Å². The highest BCUT2D eigenvalue weighted by Gasteiger charge is 2.11. The van der Waals surface area contributed by atoms with E-state index in [1.165, 1.54) is 4.88 Å². The minimum Gasteiger partial charge on any atom is -0.383 e. The molecule has 92 valence electrons. The summed E-state index contributed by atoms with van der Waals surface area (Å²) >= 11 is 1.71. The van der Waals surface area contributed by atoms with Crippen molar-refractivity contribution in [2.24, 2.45) is 0 Å². The van der Waals surface area contributed by atoms with E-state index in [1.54, 1.807) is 18.4 Å². The zero-order valence-electron chi connectivity index (χ0n) is 10.1. The van der Waals surface area contributed by atoms with E-state index in [0.29, 0.717) is 12.6 Å². The summed E-state index contributed by atoms with van der Waals surface area (Å²) in [6, 6.07) is 4.44. The van der Waals surface area contributed by atoms with Gasteiger partial charge in [0, 0.05) is 32.1 Å². The lowest BCUT2D eigenvalue weighted by atomic mass is 10.3. The van der Waals surface area contributed by atoms with Gasteiger partial charge in [-0.1, -0.05) is 6.07 Å². The van der Waals surface area contributed by atoms with Crippen LogP contribution >= 0.6 is 11.3 Å². The lowest BCUT2D eigenvalue weighted by Crippen LogP contribution is -2.34. The van der Waals surface area contributed by atoms with Gasteiger partial charge in [-0.2, -0.15) is 0 Å². The summed E-state index contributed by atoms with van der Waals surface area (Å²) in [4.78, 5) is 5.61. The van der Waals surface area contributed by atoms with Crippen molar-refractivity contribution in [1.29, 1.82) is 0 Å². The van der Waals surface area contributed by atoms with Crippen LogP contribution in [0.2, 0.25) is 0 Å². The first-order valence-corrected chi connectivity index (χ1v) is 6.44. The molecule has 0 saturated carbocycles. The average molecular weight is 251 g/mol. The average Bonchev–Trinajstić information content (AvgIpc) is 2.98. The van der Waals surface area contributed by atoms with Crippen LogP contribution in [0.4, 0.5) is 0 Å². The zero-order valence-corrected chi connectivity index (χ0v) is 10.9. The van der Waals surface area contributed by atoms with Crippen LogP contribution < -0.4 is 5.32 Å². The molecule has 0 saturated heterocycles. The molecule has 0 aliphatic rings. The first-order chi connectivity index (χ1) is 8.35. The quantitative estimate of drug-likeness (QED) is 0.851. The molecule has 2 aromatic heterocycles. The maximum absolute atomic E-state index is 5.18. The van der Waals surface area contributed by atoms with Gasteiger partial charge in [0.05, 0.1) is 11.5 Å². The van der Waals surface area contributed by atoms with E-state index >= 15 is 0 Å². The highest BCUT2D eigenvalue weighted by molar-refractivity contribution is 7.13. The predicted octanol–water partition coefficient (Wildman–Crippen LogP) is 1.85. The Balaban J connectivity index is 2.14. The van der Waals surface area contributed by atoms with Gasteiger partial charge >= 0.3 is 0 Å². The Hall–Kier alpha value is -1.17. The van der Waals surface area contributed by atoms with Crippen LogP contribution in [0.15, 0.2) is 29.9 Å². The monoisotopic (exact) mass is 251 g/mol. The van der Waals surface area contributed by atoms with Gasteiger partial charge in [-0.3, -0.25) is 0 Å². The number of imidazole rings is 1. The number of ether oxygens (including phenoxy) is 1. The smallest absolute Gasteiger partial charge is 0.150 e. The predicted molar refractivity (Wildman–Crippen MR) is 70.3 cm³/mol. The van der Waals surface area contributed by atoms with E-state index in [1.807, 2.05) is 25.5 Å². The Bertz CT molecular complexity index is 438. The topological polar surface area (TPSA) is 39.1 Å². The van der Waals surface area contributed by atoms with Crippen LogP contribution in [0.5, 0.6) is 0 Å². The van der Waals surface area contributed by atoms with Gasteiger partial charge < -0.3 is 14.6 Å². The van der Waals surface area contributed by atoms with E-state index < -0.39 is 0 Å².